The molecule has 4 rings (SSSR count). The van der Waals surface area contributed by atoms with Gasteiger partial charge in [-0.1, -0.05) is 72.4 Å². The van der Waals surface area contributed by atoms with Gasteiger partial charge in [0.25, 0.3) is 0 Å². The summed E-state index contributed by atoms with van der Waals surface area (Å²) >= 11 is 0. The van der Waals surface area contributed by atoms with Crippen LogP contribution in [0.25, 0.3) is 10.9 Å². The van der Waals surface area contributed by atoms with Crippen LogP contribution in [0.4, 0.5) is 0 Å². The van der Waals surface area contributed by atoms with Crippen LogP contribution in [-0.2, 0) is 0 Å². The van der Waals surface area contributed by atoms with E-state index >= 15 is 0 Å². The van der Waals surface area contributed by atoms with Crippen LogP contribution in [0, 0.1) is 23.7 Å². The lowest BCUT2D eigenvalue weighted by Gasteiger charge is -1.91. The van der Waals surface area contributed by atoms with Crippen LogP contribution in [0.1, 0.15) is 22.4 Å². The van der Waals surface area contributed by atoms with Gasteiger partial charge < -0.3 is 4.98 Å². The number of H-pyrrole nitrogens is 1. The normalized spacial score (nSPS) is 9.76. The highest BCUT2D eigenvalue weighted by molar-refractivity contribution is 5.89. The Morgan fingerprint density at radius 1 is 0.520 bits per heavy atom. The summed E-state index contributed by atoms with van der Waals surface area (Å²) < 4.78 is 0. The number of para-hydroxylation sites is 1. The molecule has 0 aliphatic carbocycles. The number of nitrogens with one attached hydrogen (secondary N) is 1. The molecule has 116 valence electrons. The molecule has 0 aliphatic heterocycles. The van der Waals surface area contributed by atoms with E-state index in [4.69, 9.17) is 0 Å². The summed E-state index contributed by atoms with van der Waals surface area (Å²) in [7, 11) is 0. The molecule has 1 heterocycles. The third kappa shape index (κ3) is 3.32. The predicted molar refractivity (Wildman–Crippen MR) is 103 cm³/mol. The van der Waals surface area contributed by atoms with E-state index in [9.17, 15) is 0 Å². The van der Waals surface area contributed by atoms with Gasteiger partial charge in [-0.3, -0.25) is 0 Å². The molecule has 0 saturated carbocycles. The Bertz CT molecular complexity index is 1130. The predicted octanol–water partition coefficient (Wildman–Crippen LogP) is 4.97. The maximum absolute atomic E-state index is 3.39. The lowest BCUT2D eigenvalue weighted by Crippen LogP contribution is -1.81. The van der Waals surface area contributed by atoms with Crippen molar-refractivity contribution in [1.29, 1.82) is 0 Å². The number of hydrogen-bond donors (Lipinski definition) is 1. The van der Waals surface area contributed by atoms with Gasteiger partial charge in [0.1, 0.15) is 5.69 Å². The second-order valence-electron chi connectivity index (χ2n) is 5.65. The van der Waals surface area contributed by atoms with Crippen molar-refractivity contribution in [2.24, 2.45) is 0 Å². The van der Waals surface area contributed by atoms with E-state index in [2.05, 4.69) is 40.8 Å². The van der Waals surface area contributed by atoms with Crippen LogP contribution in [0.15, 0.2) is 84.9 Å². The molecule has 0 saturated heterocycles. The van der Waals surface area contributed by atoms with E-state index in [0.29, 0.717) is 0 Å². The zero-order valence-electron chi connectivity index (χ0n) is 13.6. The van der Waals surface area contributed by atoms with Crippen LogP contribution >= 0.6 is 0 Å². The molecule has 1 N–H and O–H groups in total. The molecule has 4 aromatic rings. The molecule has 3 aromatic carbocycles. The molecule has 0 fully saturated rings. The van der Waals surface area contributed by atoms with Gasteiger partial charge in [-0.25, -0.2) is 0 Å². The molecule has 0 unspecified atom stereocenters. The molecular formula is C24H15N. The molecule has 1 heteroatoms. The van der Waals surface area contributed by atoms with Gasteiger partial charge in [-0.2, -0.15) is 0 Å². The first-order valence-electron chi connectivity index (χ1n) is 8.15. The number of rotatable bonds is 0. The first-order chi connectivity index (χ1) is 12.4. The van der Waals surface area contributed by atoms with Crippen molar-refractivity contribution < 1.29 is 0 Å². The minimum atomic E-state index is 0.855. The maximum atomic E-state index is 3.39. The molecule has 0 bridgehead atoms. The van der Waals surface area contributed by atoms with Crippen molar-refractivity contribution in [2.45, 2.75) is 0 Å². The highest BCUT2D eigenvalue weighted by Gasteiger charge is 2.07. The first-order valence-corrected chi connectivity index (χ1v) is 8.15. The Kier molecular flexibility index (Phi) is 4.07. The fraction of sp³-hybridized carbons (Fsp3) is 0. The molecule has 0 spiro atoms. The number of aromatic amines is 1. The zero-order chi connectivity index (χ0) is 16.9. The SMILES string of the molecule is C(#Cc1[nH]c2ccccc2c1C#Cc1ccccc1)c1ccccc1. The summed E-state index contributed by atoms with van der Waals surface area (Å²) in [6.45, 7) is 0. The number of aromatic nitrogens is 1. The minimum absolute atomic E-state index is 0.855. The van der Waals surface area contributed by atoms with E-state index in [0.717, 1.165) is 33.3 Å². The molecule has 0 atom stereocenters. The van der Waals surface area contributed by atoms with Gasteiger partial charge in [-0.15, -0.1) is 0 Å². The number of benzene rings is 3. The van der Waals surface area contributed by atoms with Crippen molar-refractivity contribution in [3.8, 4) is 23.7 Å². The highest BCUT2D eigenvalue weighted by atomic mass is 14.7. The van der Waals surface area contributed by atoms with Gasteiger partial charge in [0.2, 0.25) is 0 Å². The average molecular weight is 317 g/mol. The van der Waals surface area contributed by atoms with Crippen molar-refractivity contribution in [3.63, 3.8) is 0 Å². The van der Waals surface area contributed by atoms with Crippen molar-refractivity contribution >= 4 is 10.9 Å². The second kappa shape index (κ2) is 6.83. The molecule has 0 radical (unpaired) electrons. The van der Waals surface area contributed by atoms with Crippen LogP contribution in [0.3, 0.4) is 0 Å². The Morgan fingerprint density at radius 2 is 1.08 bits per heavy atom. The van der Waals surface area contributed by atoms with E-state index in [1.165, 1.54) is 0 Å². The molecule has 25 heavy (non-hydrogen) atoms. The average Bonchev–Trinajstić information content (AvgIpc) is 3.04. The highest BCUT2D eigenvalue weighted by Crippen LogP contribution is 2.21. The largest absolute Gasteiger partial charge is 0.347 e. The van der Waals surface area contributed by atoms with Gasteiger partial charge in [0, 0.05) is 22.0 Å². The van der Waals surface area contributed by atoms with E-state index in [-0.39, 0.29) is 0 Å². The summed E-state index contributed by atoms with van der Waals surface area (Å²) in [6.07, 6.45) is 0. The summed E-state index contributed by atoms with van der Waals surface area (Å²) in [6, 6.07) is 28.2. The minimum Gasteiger partial charge on any atom is -0.347 e. The maximum Gasteiger partial charge on any atom is 0.107 e. The Hall–Kier alpha value is -3.68. The van der Waals surface area contributed by atoms with Gasteiger partial charge in [0.05, 0.1) is 5.56 Å². The first kappa shape index (κ1) is 14.9. The summed E-state index contributed by atoms with van der Waals surface area (Å²) in [5, 5.41) is 1.10. The lowest BCUT2D eigenvalue weighted by molar-refractivity contribution is 1.41. The van der Waals surface area contributed by atoms with E-state index in [1.54, 1.807) is 0 Å². The van der Waals surface area contributed by atoms with Crippen molar-refractivity contribution in [2.75, 3.05) is 0 Å². The zero-order valence-corrected chi connectivity index (χ0v) is 13.6. The van der Waals surface area contributed by atoms with E-state index in [1.807, 2.05) is 72.8 Å². The van der Waals surface area contributed by atoms with Gasteiger partial charge in [-0.05, 0) is 36.3 Å². The van der Waals surface area contributed by atoms with Gasteiger partial charge in [0.15, 0.2) is 0 Å². The quantitative estimate of drug-likeness (QED) is 0.441. The Morgan fingerprint density at radius 3 is 1.76 bits per heavy atom. The summed E-state index contributed by atoms with van der Waals surface area (Å²) in [5.41, 5.74) is 4.84. The molecular weight excluding hydrogens is 302 g/mol. The topological polar surface area (TPSA) is 15.8 Å². The standard InChI is InChI=1S/C24H15N/c1-3-9-19(10-4-1)15-17-22-21-13-7-8-14-23(21)25-24(22)18-16-20-11-5-2-6-12-20/h1-14,25H. The fourth-order valence-corrected chi connectivity index (χ4v) is 2.68. The second-order valence-corrected chi connectivity index (χ2v) is 5.65. The molecule has 0 aliphatic rings. The number of hydrogen-bond acceptors (Lipinski definition) is 0. The van der Waals surface area contributed by atoms with Crippen LogP contribution < -0.4 is 0 Å². The third-order valence-electron chi connectivity index (χ3n) is 3.92. The Labute approximate surface area is 147 Å². The van der Waals surface area contributed by atoms with Crippen molar-refractivity contribution in [1.82, 2.24) is 4.98 Å². The number of fused-ring (bicyclic) bond motifs is 1. The lowest BCUT2D eigenvalue weighted by atomic mass is 10.1. The Balaban J connectivity index is 1.82. The van der Waals surface area contributed by atoms with Crippen LogP contribution in [-0.4, -0.2) is 4.98 Å². The monoisotopic (exact) mass is 317 g/mol. The smallest absolute Gasteiger partial charge is 0.107 e. The van der Waals surface area contributed by atoms with E-state index < -0.39 is 0 Å². The van der Waals surface area contributed by atoms with Crippen LogP contribution in [0.5, 0.6) is 0 Å². The van der Waals surface area contributed by atoms with Crippen LogP contribution in [0.2, 0.25) is 0 Å². The fourth-order valence-electron chi connectivity index (χ4n) is 2.68. The van der Waals surface area contributed by atoms with Gasteiger partial charge >= 0.3 is 0 Å². The molecule has 1 aromatic heterocycles. The summed E-state index contributed by atoms with van der Waals surface area (Å²) in [4.78, 5) is 3.39. The summed E-state index contributed by atoms with van der Waals surface area (Å²) in [5.74, 6) is 13.0. The third-order valence-corrected chi connectivity index (χ3v) is 3.92. The van der Waals surface area contributed by atoms with Crippen molar-refractivity contribution in [3.05, 3.63) is 107 Å². The molecule has 1 nitrogen and oxygen atoms in total. The molecule has 0 amide bonds.